The number of H-pyrrole nitrogens is 1. The molecule has 1 saturated heterocycles. The van der Waals surface area contributed by atoms with Gasteiger partial charge in [0, 0.05) is 49.1 Å². The first-order chi connectivity index (χ1) is 18.6. The lowest BCUT2D eigenvalue weighted by molar-refractivity contribution is -0.136. The number of hydrogen-bond donors (Lipinski definition) is 4. The Balaban J connectivity index is 1.47. The third kappa shape index (κ3) is 4.25. The summed E-state index contributed by atoms with van der Waals surface area (Å²) in [5, 5.41) is 17.0. The molecule has 1 aliphatic carbocycles. The third-order valence-corrected chi connectivity index (χ3v) is 8.66. The van der Waals surface area contributed by atoms with E-state index >= 15 is 0 Å². The van der Waals surface area contributed by atoms with Crippen molar-refractivity contribution in [2.45, 2.75) is 64.1 Å². The molecule has 9 rings (SSSR count). The SMILES string of the molecule is COc1cc2ccc1NC1=NC3(C)C(=CN1)N(C)C(=O)C(C)(C)CN3C1CCC(CC1)c1cc(n[nH]1)NC2=O. The zero-order chi connectivity index (χ0) is 27.5. The Morgan fingerprint density at radius 2 is 1.82 bits per heavy atom. The van der Waals surface area contributed by atoms with Crippen molar-refractivity contribution in [3.05, 3.63) is 47.4 Å². The van der Waals surface area contributed by atoms with E-state index in [0.717, 1.165) is 37.1 Å². The highest BCUT2D eigenvalue weighted by molar-refractivity contribution is 6.05. The minimum Gasteiger partial charge on any atom is -0.495 e. The second-order valence-corrected chi connectivity index (χ2v) is 11.7. The van der Waals surface area contributed by atoms with Crippen molar-refractivity contribution in [1.29, 1.82) is 0 Å². The van der Waals surface area contributed by atoms with Crippen molar-refractivity contribution in [3.63, 3.8) is 0 Å². The number of hydrogen-bond acceptors (Lipinski definition) is 8. The average molecular weight is 533 g/mol. The molecule has 39 heavy (non-hydrogen) atoms. The van der Waals surface area contributed by atoms with E-state index in [2.05, 4.69) is 38.0 Å². The van der Waals surface area contributed by atoms with Gasteiger partial charge in [0.15, 0.2) is 11.5 Å². The molecule has 0 spiro atoms. The molecule has 11 heteroatoms. The summed E-state index contributed by atoms with van der Waals surface area (Å²) >= 11 is 0. The van der Waals surface area contributed by atoms with Gasteiger partial charge in [0.05, 0.1) is 23.9 Å². The van der Waals surface area contributed by atoms with E-state index in [-0.39, 0.29) is 17.9 Å². The van der Waals surface area contributed by atoms with Crippen LogP contribution in [0, 0.1) is 5.41 Å². The standard InChI is InChI=1S/C28H36N8O3/c1-27(2)15-36-18-9-6-16(7-10-18)20-13-23(34-33-20)31-24(37)17-8-11-19(21(12-17)39-5)30-26-29-14-22(28(36,3)32-26)35(4)25(27)38/h8,11-14,16,18H,6-7,9-10,15H2,1-5H3,(H2,29,30,32)(H2,31,33,34,37). The Morgan fingerprint density at radius 1 is 1.05 bits per heavy atom. The number of ether oxygens (including phenoxy) is 1. The van der Waals surface area contributed by atoms with Gasteiger partial charge >= 0.3 is 0 Å². The summed E-state index contributed by atoms with van der Waals surface area (Å²) in [6.45, 7) is 6.73. The molecule has 4 N–H and O–H groups in total. The van der Waals surface area contributed by atoms with Crippen molar-refractivity contribution in [3.8, 4) is 5.75 Å². The summed E-state index contributed by atoms with van der Waals surface area (Å²) < 4.78 is 5.63. The van der Waals surface area contributed by atoms with Gasteiger partial charge in [-0.3, -0.25) is 19.6 Å². The fourth-order valence-electron chi connectivity index (χ4n) is 6.53. The number of carbonyl (C=O) groups excluding carboxylic acids is 2. The molecule has 1 unspecified atom stereocenters. The fraction of sp³-hybridized carbons (Fsp3) is 0.500. The monoisotopic (exact) mass is 532 g/mol. The van der Waals surface area contributed by atoms with Crippen molar-refractivity contribution in [2.75, 3.05) is 31.3 Å². The minimum atomic E-state index is -0.775. The lowest BCUT2D eigenvalue weighted by Crippen LogP contribution is -2.57. The first kappa shape index (κ1) is 25.4. The second-order valence-electron chi connectivity index (χ2n) is 11.7. The van der Waals surface area contributed by atoms with Crippen LogP contribution < -0.4 is 20.7 Å². The van der Waals surface area contributed by atoms with Crippen LogP contribution in [0.1, 0.15) is 68.4 Å². The third-order valence-electron chi connectivity index (χ3n) is 8.66. The molecule has 2 aromatic rings. The maximum Gasteiger partial charge on any atom is 0.257 e. The van der Waals surface area contributed by atoms with Crippen molar-refractivity contribution < 1.29 is 14.3 Å². The normalized spacial score (nSPS) is 28.3. The van der Waals surface area contributed by atoms with E-state index in [4.69, 9.17) is 9.73 Å². The quantitative estimate of drug-likeness (QED) is 0.443. The lowest BCUT2D eigenvalue weighted by Gasteiger charge is -2.47. The van der Waals surface area contributed by atoms with E-state index in [1.54, 1.807) is 30.2 Å². The summed E-state index contributed by atoms with van der Waals surface area (Å²) in [5.74, 6) is 1.67. The first-order valence-corrected chi connectivity index (χ1v) is 13.5. The molecule has 2 amide bonds. The molecule has 7 aliphatic rings. The van der Waals surface area contributed by atoms with E-state index in [0.29, 0.717) is 41.2 Å². The van der Waals surface area contributed by atoms with E-state index in [9.17, 15) is 9.59 Å². The Bertz CT molecular complexity index is 1390. The number of benzene rings is 1. The predicted molar refractivity (Wildman–Crippen MR) is 148 cm³/mol. The summed E-state index contributed by atoms with van der Waals surface area (Å²) in [4.78, 5) is 36.0. The van der Waals surface area contributed by atoms with Crippen LogP contribution in [0.4, 0.5) is 11.5 Å². The molecule has 0 radical (unpaired) electrons. The molecule has 1 saturated carbocycles. The summed E-state index contributed by atoms with van der Waals surface area (Å²) in [6.07, 6.45) is 5.75. The molecule has 206 valence electrons. The Labute approximate surface area is 228 Å². The summed E-state index contributed by atoms with van der Waals surface area (Å²) in [7, 11) is 3.40. The maximum atomic E-state index is 13.6. The zero-order valence-corrected chi connectivity index (χ0v) is 23.1. The fourth-order valence-corrected chi connectivity index (χ4v) is 6.53. The van der Waals surface area contributed by atoms with Crippen LogP contribution in [0.5, 0.6) is 5.75 Å². The second kappa shape index (κ2) is 9.11. The van der Waals surface area contributed by atoms with Crippen LogP contribution in [0.15, 0.2) is 41.2 Å². The smallest absolute Gasteiger partial charge is 0.257 e. The molecular weight excluding hydrogens is 496 g/mol. The molecule has 7 heterocycles. The highest BCUT2D eigenvalue weighted by Crippen LogP contribution is 2.44. The number of nitrogens with one attached hydrogen (secondary N) is 4. The number of aliphatic imine (C=N–C) groups is 1. The average Bonchev–Trinajstić information content (AvgIpc) is 3.37. The number of methoxy groups -OCH3 is 1. The molecule has 6 aliphatic heterocycles. The van der Waals surface area contributed by atoms with Crippen molar-refractivity contribution in [1.82, 2.24) is 25.3 Å². The topological polar surface area (TPSA) is 127 Å². The first-order valence-electron chi connectivity index (χ1n) is 13.5. The molecule has 1 atom stereocenters. The number of aromatic amines is 1. The van der Waals surface area contributed by atoms with Crippen molar-refractivity contribution in [2.24, 2.45) is 10.4 Å². The van der Waals surface area contributed by atoms with Gasteiger partial charge in [-0.05, 0) is 64.7 Å². The predicted octanol–water partition coefficient (Wildman–Crippen LogP) is 3.44. The number of nitrogens with zero attached hydrogens (tertiary/aromatic N) is 4. The maximum absolute atomic E-state index is 13.6. The molecule has 11 nitrogen and oxygen atoms in total. The van der Waals surface area contributed by atoms with Crippen LogP contribution in [0.3, 0.4) is 0 Å². The number of carbonyl (C=O) groups is 2. The Hall–Kier alpha value is -3.86. The van der Waals surface area contributed by atoms with Gasteiger partial charge in [0.1, 0.15) is 5.75 Å². The molecule has 2 fully saturated rings. The zero-order valence-electron chi connectivity index (χ0n) is 23.1. The number of guanidine groups is 1. The van der Waals surface area contributed by atoms with Gasteiger partial charge in [-0.2, -0.15) is 5.10 Å². The van der Waals surface area contributed by atoms with Crippen LogP contribution in [0.25, 0.3) is 0 Å². The van der Waals surface area contributed by atoms with Gasteiger partial charge in [0.2, 0.25) is 11.9 Å². The van der Waals surface area contributed by atoms with Crippen LogP contribution >= 0.6 is 0 Å². The van der Waals surface area contributed by atoms with Crippen LogP contribution in [-0.2, 0) is 4.79 Å². The molecule has 1 aromatic heterocycles. The van der Waals surface area contributed by atoms with E-state index < -0.39 is 11.1 Å². The highest BCUT2D eigenvalue weighted by atomic mass is 16.5. The largest absolute Gasteiger partial charge is 0.495 e. The Morgan fingerprint density at radius 3 is 2.56 bits per heavy atom. The number of anilines is 2. The van der Waals surface area contributed by atoms with Gasteiger partial charge < -0.3 is 25.6 Å². The van der Waals surface area contributed by atoms with Gasteiger partial charge in [0.25, 0.3) is 5.91 Å². The number of rotatable bonds is 1. The summed E-state index contributed by atoms with van der Waals surface area (Å²) in [6, 6.07) is 7.40. The van der Waals surface area contributed by atoms with Gasteiger partial charge in [-0.25, -0.2) is 4.99 Å². The highest BCUT2D eigenvalue weighted by Gasteiger charge is 2.52. The van der Waals surface area contributed by atoms with Gasteiger partial charge in [-0.1, -0.05) is 0 Å². The van der Waals surface area contributed by atoms with Crippen LogP contribution in [-0.4, -0.2) is 70.2 Å². The number of likely N-dealkylation sites (N-methyl/N-ethyl adjacent to an activating group) is 1. The molecule has 1 aromatic carbocycles. The van der Waals surface area contributed by atoms with E-state index in [1.807, 2.05) is 33.2 Å². The minimum absolute atomic E-state index is 0.0716. The number of amides is 2. The Kier molecular flexibility index (Phi) is 5.94. The van der Waals surface area contributed by atoms with E-state index in [1.165, 1.54) is 0 Å². The van der Waals surface area contributed by atoms with Crippen molar-refractivity contribution >= 4 is 29.3 Å². The molecular formula is C28H36N8O3. The van der Waals surface area contributed by atoms with Gasteiger partial charge in [-0.15, -0.1) is 0 Å². The van der Waals surface area contributed by atoms with Crippen LogP contribution in [0.2, 0.25) is 0 Å². The number of aromatic nitrogens is 2. The summed E-state index contributed by atoms with van der Waals surface area (Å²) in [5.41, 5.74) is 1.60. The lowest BCUT2D eigenvalue weighted by atomic mass is 9.81. The molecule has 8 bridgehead atoms.